The van der Waals surface area contributed by atoms with Gasteiger partial charge in [-0.05, 0) is 25.0 Å². The number of likely N-dealkylation sites (tertiary alicyclic amines) is 1. The molecule has 2 aromatic rings. The molecule has 1 saturated heterocycles. The molecule has 3 rings (SSSR count). The average molecular weight is 383 g/mol. The van der Waals surface area contributed by atoms with Gasteiger partial charge in [0.15, 0.2) is 11.6 Å². The number of halogens is 3. The fraction of sp³-hybridized carbons (Fsp3) is 0.316. The molecule has 1 aliphatic rings. The Kier molecular flexibility index (Phi) is 6.94. The van der Waals surface area contributed by atoms with Crippen LogP contribution in [0.3, 0.4) is 0 Å². The van der Waals surface area contributed by atoms with Gasteiger partial charge in [-0.2, -0.15) is 0 Å². The molecule has 1 heterocycles. The predicted molar refractivity (Wildman–Crippen MR) is 97.2 cm³/mol. The first kappa shape index (κ1) is 20.1. The highest BCUT2D eigenvalue weighted by Crippen LogP contribution is 2.26. The Morgan fingerprint density at radius 1 is 1.08 bits per heavy atom. The Hall–Kier alpha value is -2.18. The molecule has 1 amide bonds. The molecule has 26 heavy (non-hydrogen) atoms. The molecule has 2 aromatic carbocycles. The molecule has 1 aliphatic heterocycles. The number of carbonyl (C=O) groups excluding carboxylic acids is 1. The molecule has 2 N–H and O–H groups in total. The highest BCUT2D eigenvalue weighted by atomic mass is 35.5. The molecule has 4 nitrogen and oxygen atoms in total. The van der Waals surface area contributed by atoms with Crippen LogP contribution in [0.2, 0.25) is 0 Å². The van der Waals surface area contributed by atoms with E-state index in [1.54, 1.807) is 29.2 Å². The molecule has 1 fully saturated rings. The average Bonchev–Trinajstić information content (AvgIpc) is 2.63. The van der Waals surface area contributed by atoms with Gasteiger partial charge >= 0.3 is 0 Å². The van der Waals surface area contributed by atoms with Gasteiger partial charge < -0.3 is 15.4 Å². The van der Waals surface area contributed by atoms with Crippen molar-refractivity contribution >= 4 is 18.3 Å². The summed E-state index contributed by atoms with van der Waals surface area (Å²) in [6.45, 7) is 1.12. The first-order valence-corrected chi connectivity index (χ1v) is 8.25. The third kappa shape index (κ3) is 4.71. The van der Waals surface area contributed by atoms with E-state index in [-0.39, 0.29) is 30.1 Å². The van der Waals surface area contributed by atoms with Crippen LogP contribution >= 0.6 is 12.4 Å². The van der Waals surface area contributed by atoms with Crippen LogP contribution in [0.5, 0.6) is 5.75 Å². The minimum atomic E-state index is -1.01. The number of piperidine rings is 1. The Balaban J connectivity index is 0.00000243. The number of carbonyl (C=O) groups is 1. The summed E-state index contributed by atoms with van der Waals surface area (Å²) >= 11 is 0. The van der Waals surface area contributed by atoms with Crippen LogP contribution in [0.1, 0.15) is 24.5 Å². The standard InChI is InChI=1S/C19H20F2N2O2.ClH/c20-16-7-6-15(12-17(16)21)25-18(13-4-2-1-3-5-13)19(24)23-10-8-14(22)9-11-23;/h1-7,12,14,18H,8-11,22H2;1H. The van der Waals surface area contributed by atoms with Gasteiger partial charge in [0.05, 0.1) is 0 Å². The minimum absolute atomic E-state index is 0. The molecule has 0 aromatic heterocycles. The van der Waals surface area contributed by atoms with Gasteiger partial charge in [0, 0.05) is 30.8 Å². The van der Waals surface area contributed by atoms with Gasteiger partial charge in [0.25, 0.3) is 5.91 Å². The minimum Gasteiger partial charge on any atom is -0.476 e. The van der Waals surface area contributed by atoms with Crippen LogP contribution < -0.4 is 10.5 Å². The molecule has 0 radical (unpaired) electrons. The third-order valence-corrected chi connectivity index (χ3v) is 4.32. The van der Waals surface area contributed by atoms with E-state index < -0.39 is 17.7 Å². The van der Waals surface area contributed by atoms with Crippen LogP contribution in [0.15, 0.2) is 48.5 Å². The Bertz CT molecular complexity index is 738. The predicted octanol–water partition coefficient (Wildman–Crippen LogP) is 3.46. The maximum Gasteiger partial charge on any atom is 0.268 e. The summed E-state index contributed by atoms with van der Waals surface area (Å²) in [5, 5.41) is 0. The van der Waals surface area contributed by atoms with Crippen molar-refractivity contribution in [3.8, 4) is 5.75 Å². The van der Waals surface area contributed by atoms with Gasteiger partial charge in [0.2, 0.25) is 6.10 Å². The van der Waals surface area contributed by atoms with Crippen LogP contribution in [0.4, 0.5) is 8.78 Å². The SMILES string of the molecule is Cl.NC1CCN(C(=O)C(Oc2ccc(F)c(F)c2)c2ccccc2)CC1. The summed E-state index contributed by atoms with van der Waals surface area (Å²) in [6.07, 6.45) is 0.553. The van der Waals surface area contributed by atoms with Crippen LogP contribution in [-0.2, 0) is 4.79 Å². The zero-order valence-electron chi connectivity index (χ0n) is 14.1. The maximum absolute atomic E-state index is 13.5. The van der Waals surface area contributed by atoms with E-state index in [2.05, 4.69) is 0 Å². The monoisotopic (exact) mass is 382 g/mol. The van der Waals surface area contributed by atoms with E-state index in [1.165, 1.54) is 6.07 Å². The third-order valence-electron chi connectivity index (χ3n) is 4.32. The quantitative estimate of drug-likeness (QED) is 0.881. The molecule has 0 bridgehead atoms. The summed E-state index contributed by atoms with van der Waals surface area (Å²) in [7, 11) is 0. The normalized spacial score (nSPS) is 15.9. The van der Waals surface area contributed by atoms with Gasteiger partial charge in [-0.3, -0.25) is 4.79 Å². The first-order chi connectivity index (χ1) is 12.0. The number of nitrogens with two attached hydrogens (primary N) is 1. The van der Waals surface area contributed by atoms with Crippen molar-refractivity contribution in [3.05, 3.63) is 65.7 Å². The van der Waals surface area contributed by atoms with Gasteiger partial charge in [-0.1, -0.05) is 30.3 Å². The first-order valence-electron chi connectivity index (χ1n) is 8.25. The van der Waals surface area contributed by atoms with E-state index in [0.29, 0.717) is 18.7 Å². The molecule has 140 valence electrons. The topological polar surface area (TPSA) is 55.6 Å². The lowest BCUT2D eigenvalue weighted by Gasteiger charge is -2.33. The Labute approximate surface area is 157 Å². The van der Waals surface area contributed by atoms with E-state index in [0.717, 1.165) is 25.0 Å². The summed E-state index contributed by atoms with van der Waals surface area (Å²) in [5.41, 5.74) is 6.55. The van der Waals surface area contributed by atoms with Crippen molar-refractivity contribution in [2.75, 3.05) is 13.1 Å². The second-order valence-electron chi connectivity index (χ2n) is 6.15. The number of ether oxygens (including phenoxy) is 1. The molecular formula is C19H21ClF2N2O2. The van der Waals surface area contributed by atoms with Crippen molar-refractivity contribution in [2.24, 2.45) is 5.73 Å². The molecular weight excluding hydrogens is 362 g/mol. The number of hydrogen-bond donors (Lipinski definition) is 1. The Morgan fingerprint density at radius 3 is 2.35 bits per heavy atom. The van der Waals surface area contributed by atoms with Gasteiger partial charge in [-0.25, -0.2) is 8.78 Å². The van der Waals surface area contributed by atoms with E-state index >= 15 is 0 Å². The summed E-state index contributed by atoms with van der Waals surface area (Å²) in [4.78, 5) is 14.7. The number of nitrogens with zero attached hydrogens (tertiary/aromatic N) is 1. The summed E-state index contributed by atoms with van der Waals surface area (Å²) in [5.74, 6) is -2.07. The van der Waals surface area contributed by atoms with E-state index in [1.807, 2.05) is 6.07 Å². The smallest absolute Gasteiger partial charge is 0.268 e. The molecule has 7 heteroatoms. The van der Waals surface area contributed by atoms with E-state index in [4.69, 9.17) is 10.5 Å². The fourth-order valence-electron chi connectivity index (χ4n) is 2.86. The van der Waals surface area contributed by atoms with Crippen molar-refractivity contribution in [1.29, 1.82) is 0 Å². The lowest BCUT2D eigenvalue weighted by Crippen LogP contribution is -2.45. The van der Waals surface area contributed by atoms with Crippen molar-refractivity contribution in [1.82, 2.24) is 4.90 Å². The second-order valence-corrected chi connectivity index (χ2v) is 6.15. The largest absolute Gasteiger partial charge is 0.476 e. The number of hydrogen-bond acceptors (Lipinski definition) is 3. The van der Waals surface area contributed by atoms with Crippen molar-refractivity contribution in [3.63, 3.8) is 0 Å². The van der Waals surface area contributed by atoms with Crippen molar-refractivity contribution < 1.29 is 18.3 Å². The van der Waals surface area contributed by atoms with Gasteiger partial charge in [-0.15, -0.1) is 12.4 Å². The molecule has 1 atom stereocenters. The Morgan fingerprint density at radius 2 is 1.73 bits per heavy atom. The highest BCUT2D eigenvalue weighted by Gasteiger charge is 2.30. The molecule has 0 spiro atoms. The number of rotatable bonds is 4. The van der Waals surface area contributed by atoms with Crippen molar-refractivity contribution in [2.45, 2.75) is 25.0 Å². The van der Waals surface area contributed by atoms with Gasteiger partial charge in [0.1, 0.15) is 5.75 Å². The number of benzene rings is 2. The fourth-order valence-corrected chi connectivity index (χ4v) is 2.86. The second kappa shape index (κ2) is 8.96. The number of amides is 1. The highest BCUT2D eigenvalue weighted by molar-refractivity contribution is 5.85. The maximum atomic E-state index is 13.5. The molecule has 0 aliphatic carbocycles. The van der Waals surface area contributed by atoms with Crippen LogP contribution in [0, 0.1) is 11.6 Å². The zero-order chi connectivity index (χ0) is 17.8. The lowest BCUT2D eigenvalue weighted by atomic mass is 10.0. The summed E-state index contributed by atoms with van der Waals surface area (Å²) in [6, 6.07) is 12.3. The molecule has 0 saturated carbocycles. The van der Waals surface area contributed by atoms with E-state index in [9.17, 15) is 13.6 Å². The van der Waals surface area contributed by atoms with Crippen LogP contribution in [0.25, 0.3) is 0 Å². The summed E-state index contributed by atoms with van der Waals surface area (Å²) < 4.78 is 32.3. The lowest BCUT2D eigenvalue weighted by molar-refractivity contribution is -0.140. The zero-order valence-corrected chi connectivity index (χ0v) is 14.9. The molecule has 1 unspecified atom stereocenters. The van der Waals surface area contributed by atoms with Crippen LogP contribution in [-0.4, -0.2) is 29.9 Å².